The molecule has 0 bridgehead atoms. The maximum atomic E-state index is 6.16. The van der Waals surface area contributed by atoms with Crippen LogP contribution in [0.5, 0.6) is 0 Å². The molecule has 2 N–H and O–H groups in total. The Morgan fingerprint density at radius 3 is 3.06 bits per heavy atom. The lowest BCUT2D eigenvalue weighted by Gasteiger charge is -2.09. The molecule has 0 radical (unpaired) electrons. The van der Waals surface area contributed by atoms with Crippen LogP contribution in [0.15, 0.2) is 41.4 Å². The number of hydrogen-bond donors (Lipinski definition) is 1. The zero-order valence-electron chi connectivity index (χ0n) is 10.1. The highest BCUT2D eigenvalue weighted by atomic mass is 16.3. The first-order chi connectivity index (χ1) is 8.75. The van der Waals surface area contributed by atoms with Crippen LogP contribution in [0.2, 0.25) is 0 Å². The molecule has 92 valence electrons. The fraction of sp³-hybridized carbons (Fsp3) is 0.231. The standard InChI is InChI=1S/C13H14N4O/c1-9-13(16-8-18-9)11(14)6-10-7-15-12-4-2-3-5-17(10)12/h2-5,7-8,11H,6,14H2,1H3. The molecule has 18 heavy (non-hydrogen) atoms. The number of aryl methyl sites for hydroxylation is 1. The maximum absolute atomic E-state index is 6.16. The van der Waals surface area contributed by atoms with E-state index < -0.39 is 0 Å². The van der Waals surface area contributed by atoms with Crippen molar-refractivity contribution in [3.63, 3.8) is 0 Å². The Morgan fingerprint density at radius 1 is 1.39 bits per heavy atom. The van der Waals surface area contributed by atoms with Crippen LogP contribution in [-0.2, 0) is 6.42 Å². The second kappa shape index (κ2) is 4.27. The minimum Gasteiger partial charge on any atom is -0.448 e. The molecule has 3 rings (SSSR count). The summed E-state index contributed by atoms with van der Waals surface area (Å²) >= 11 is 0. The van der Waals surface area contributed by atoms with E-state index >= 15 is 0 Å². The van der Waals surface area contributed by atoms with E-state index in [0.29, 0.717) is 6.42 Å². The third-order valence-electron chi connectivity index (χ3n) is 3.06. The first-order valence-corrected chi connectivity index (χ1v) is 5.82. The van der Waals surface area contributed by atoms with Crippen molar-refractivity contribution in [2.24, 2.45) is 5.73 Å². The fourth-order valence-corrected chi connectivity index (χ4v) is 2.13. The molecule has 3 aromatic rings. The van der Waals surface area contributed by atoms with E-state index in [1.807, 2.05) is 41.9 Å². The zero-order valence-corrected chi connectivity index (χ0v) is 10.1. The number of hydrogen-bond acceptors (Lipinski definition) is 4. The summed E-state index contributed by atoms with van der Waals surface area (Å²) in [5.74, 6) is 0.774. The molecule has 0 aromatic carbocycles. The highest BCUT2D eigenvalue weighted by Crippen LogP contribution is 2.18. The molecular weight excluding hydrogens is 228 g/mol. The molecule has 0 aliphatic rings. The van der Waals surface area contributed by atoms with Gasteiger partial charge in [0, 0.05) is 24.5 Å². The molecule has 3 heterocycles. The lowest BCUT2D eigenvalue weighted by molar-refractivity contribution is 0.520. The Bertz CT molecular complexity index is 670. The predicted octanol–water partition coefficient (Wildman–Crippen LogP) is 1.87. The number of imidazole rings is 1. The molecule has 0 saturated carbocycles. The highest BCUT2D eigenvalue weighted by Gasteiger charge is 2.15. The van der Waals surface area contributed by atoms with Gasteiger partial charge in [0.25, 0.3) is 0 Å². The molecule has 3 aromatic heterocycles. The number of fused-ring (bicyclic) bond motifs is 1. The summed E-state index contributed by atoms with van der Waals surface area (Å²) < 4.78 is 7.22. The summed E-state index contributed by atoms with van der Waals surface area (Å²) in [5, 5.41) is 0. The quantitative estimate of drug-likeness (QED) is 0.761. The summed E-state index contributed by atoms with van der Waals surface area (Å²) in [6.45, 7) is 1.87. The van der Waals surface area contributed by atoms with Crippen molar-refractivity contribution in [1.29, 1.82) is 0 Å². The van der Waals surface area contributed by atoms with Crippen LogP contribution < -0.4 is 5.73 Å². The van der Waals surface area contributed by atoms with Gasteiger partial charge in [-0.05, 0) is 19.1 Å². The van der Waals surface area contributed by atoms with Crippen molar-refractivity contribution in [3.05, 3.63) is 54.1 Å². The van der Waals surface area contributed by atoms with Gasteiger partial charge in [0.2, 0.25) is 0 Å². The number of nitrogens with two attached hydrogens (primary N) is 1. The molecular formula is C13H14N4O. The van der Waals surface area contributed by atoms with Crippen LogP contribution in [0.1, 0.15) is 23.2 Å². The van der Waals surface area contributed by atoms with Gasteiger partial charge in [-0.3, -0.25) is 0 Å². The van der Waals surface area contributed by atoms with Crippen molar-refractivity contribution in [2.45, 2.75) is 19.4 Å². The van der Waals surface area contributed by atoms with E-state index in [9.17, 15) is 0 Å². The number of pyridine rings is 1. The van der Waals surface area contributed by atoms with E-state index in [-0.39, 0.29) is 6.04 Å². The van der Waals surface area contributed by atoms with Crippen molar-refractivity contribution in [1.82, 2.24) is 14.4 Å². The van der Waals surface area contributed by atoms with Gasteiger partial charge in [-0.25, -0.2) is 9.97 Å². The van der Waals surface area contributed by atoms with E-state index in [1.165, 1.54) is 6.39 Å². The van der Waals surface area contributed by atoms with Crippen LogP contribution in [0, 0.1) is 6.92 Å². The van der Waals surface area contributed by atoms with Crippen molar-refractivity contribution in [3.8, 4) is 0 Å². The van der Waals surface area contributed by atoms with Gasteiger partial charge in [0.05, 0.1) is 11.7 Å². The Morgan fingerprint density at radius 2 is 2.28 bits per heavy atom. The molecule has 1 atom stereocenters. The van der Waals surface area contributed by atoms with Crippen molar-refractivity contribution < 1.29 is 4.42 Å². The minimum absolute atomic E-state index is 0.177. The number of oxazole rings is 1. The first-order valence-electron chi connectivity index (χ1n) is 5.82. The molecule has 5 nitrogen and oxygen atoms in total. The van der Waals surface area contributed by atoms with Crippen LogP contribution in [0.25, 0.3) is 5.65 Å². The Kier molecular flexibility index (Phi) is 2.60. The van der Waals surface area contributed by atoms with Gasteiger partial charge >= 0.3 is 0 Å². The summed E-state index contributed by atoms with van der Waals surface area (Å²) in [6.07, 6.45) is 5.95. The van der Waals surface area contributed by atoms with Crippen molar-refractivity contribution in [2.75, 3.05) is 0 Å². The Balaban J connectivity index is 1.91. The average molecular weight is 242 g/mol. The van der Waals surface area contributed by atoms with E-state index in [0.717, 1.165) is 22.8 Å². The summed E-state index contributed by atoms with van der Waals surface area (Å²) in [7, 11) is 0. The largest absolute Gasteiger partial charge is 0.448 e. The topological polar surface area (TPSA) is 69.3 Å². The number of rotatable bonds is 3. The van der Waals surface area contributed by atoms with E-state index in [1.54, 1.807) is 0 Å². The van der Waals surface area contributed by atoms with Gasteiger partial charge < -0.3 is 14.6 Å². The number of nitrogens with zero attached hydrogens (tertiary/aromatic N) is 3. The molecule has 0 fully saturated rings. The maximum Gasteiger partial charge on any atom is 0.181 e. The van der Waals surface area contributed by atoms with Crippen LogP contribution >= 0.6 is 0 Å². The SMILES string of the molecule is Cc1ocnc1C(N)Cc1cnc2ccccn12. The zero-order chi connectivity index (χ0) is 12.5. The highest BCUT2D eigenvalue weighted by molar-refractivity contribution is 5.40. The Labute approximate surface area is 104 Å². The summed E-state index contributed by atoms with van der Waals surface area (Å²) in [5.41, 5.74) is 8.96. The van der Waals surface area contributed by atoms with Gasteiger partial charge in [-0.15, -0.1) is 0 Å². The monoisotopic (exact) mass is 242 g/mol. The lowest BCUT2D eigenvalue weighted by Crippen LogP contribution is -2.15. The molecule has 0 aliphatic heterocycles. The van der Waals surface area contributed by atoms with Crippen LogP contribution in [-0.4, -0.2) is 14.4 Å². The molecule has 1 unspecified atom stereocenters. The van der Waals surface area contributed by atoms with E-state index in [2.05, 4.69) is 9.97 Å². The minimum atomic E-state index is -0.177. The molecule has 0 aliphatic carbocycles. The van der Waals surface area contributed by atoms with Crippen LogP contribution in [0.3, 0.4) is 0 Å². The summed E-state index contributed by atoms with van der Waals surface area (Å²) in [6, 6.07) is 5.73. The van der Waals surface area contributed by atoms with Gasteiger partial charge in [-0.1, -0.05) is 6.07 Å². The molecule has 0 spiro atoms. The van der Waals surface area contributed by atoms with Gasteiger partial charge in [0.15, 0.2) is 6.39 Å². The predicted molar refractivity (Wildman–Crippen MR) is 67.1 cm³/mol. The summed E-state index contributed by atoms with van der Waals surface area (Å²) in [4.78, 5) is 8.49. The normalized spacial score (nSPS) is 13.0. The van der Waals surface area contributed by atoms with Crippen molar-refractivity contribution >= 4 is 5.65 Å². The molecule has 0 saturated heterocycles. The second-order valence-corrected chi connectivity index (χ2v) is 4.28. The van der Waals surface area contributed by atoms with Crippen LogP contribution in [0.4, 0.5) is 0 Å². The second-order valence-electron chi connectivity index (χ2n) is 4.28. The average Bonchev–Trinajstić information content (AvgIpc) is 2.97. The lowest BCUT2D eigenvalue weighted by atomic mass is 10.1. The molecule has 0 amide bonds. The smallest absolute Gasteiger partial charge is 0.181 e. The number of aromatic nitrogens is 3. The third-order valence-corrected chi connectivity index (χ3v) is 3.06. The molecule has 5 heteroatoms. The Hall–Kier alpha value is -2.14. The fourth-order valence-electron chi connectivity index (χ4n) is 2.13. The third kappa shape index (κ3) is 1.78. The van der Waals surface area contributed by atoms with E-state index in [4.69, 9.17) is 10.2 Å². The first kappa shape index (κ1) is 11.0. The van der Waals surface area contributed by atoms with Gasteiger partial charge in [0.1, 0.15) is 11.4 Å². The van der Waals surface area contributed by atoms with Gasteiger partial charge in [-0.2, -0.15) is 0 Å².